The summed E-state index contributed by atoms with van der Waals surface area (Å²) < 4.78 is 29.5. The van der Waals surface area contributed by atoms with Crippen molar-refractivity contribution in [3.05, 3.63) is 0 Å². The van der Waals surface area contributed by atoms with Crippen molar-refractivity contribution in [2.75, 3.05) is 0 Å². The highest BCUT2D eigenvalue weighted by Gasteiger charge is 2.39. The molecule has 1 aliphatic carbocycles. The Kier molecular flexibility index (Phi) is 4.98. The van der Waals surface area contributed by atoms with Gasteiger partial charge in [-0.1, -0.05) is 12.8 Å². The lowest BCUT2D eigenvalue weighted by molar-refractivity contribution is 0.0890. The minimum atomic E-state index is -3.99. The van der Waals surface area contributed by atoms with E-state index >= 15 is 0 Å². The van der Waals surface area contributed by atoms with Crippen molar-refractivity contribution < 1.29 is 22.7 Å². The maximum absolute atomic E-state index is 12.2. The summed E-state index contributed by atoms with van der Waals surface area (Å²) in [5.41, 5.74) is 6.71. The predicted octanol–water partition coefficient (Wildman–Crippen LogP) is 0.689. The molecule has 0 aromatic carbocycles. The third-order valence-corrected chi connectivity index (χ3v) is 4.76. The van der Waals surface area contributed by atoms with Crippen molar-refractivity contribution in [2.45, 2.75) is 50.9 Å². The van der Waals surface area contributed by atoms with E-state index in [2.05, 4.69) is 0 Å². The first-order valence-electron chi connectivity index (χ1n) is 6.06. The molecule has 0 saturated heterocycles. The van der Waals surface area contributed by atoms with E-state index in [4.69, 9.17) is 10.5 Å². The van der Waals surface area contributed by atoms with Crippen LogP contribution in [0.3, 0.4) is 0 Å². The fourth-order valence-electron chi connectivity index (χ4n) is 1.90. The highest BCUT2D eigenvalue weighted by Crippen LogP contribution is 2.26. The molecule has 0 aromatic rings. The topological polar surface area (TPSA) is 119 Å². The van der Waals surface area contributed by atoms with Gasteiger partial charge in [-0.3, -0.25) is 0 Å². The van der Waals surface area contributed by atoms with Gasteiger partial charge in [0.1, 0.15) is 0 Å². The Bertz CT molecular complexity index is 442. The van der Waals surface area contributed by atoms with E-state index < -0.39 is 33.5 Å². The van der Waals surface area contributed by atoms with Crippen LogP contribution in [0.1, 0.15) is 39.5 Å². The second kappa shape index (κ2) is 6.09. The number of nitrogens with two attached hydrogens (primary N) is 1. The largest absolute Gasteiger partial charge is 0.445 e. The van der Waals surface area contributed by atoms with Crippen molar-refractivity contribution in [1.29, 1.82) is 0 Å². The zero-order valence-electron chi connectivity index (χ0n) is 11.0. The van der Waals surface area contributed by atoms with Gasteiger partial charge in [0.05, 0.1) is 11.4 Å². The molecule has 0 bridgehead atoms. The molecule has 3 amide bonds. The molecule has 0 unspecified atom stereocenters. The summed E-state index contributed by atoms with van der Waals surface area (Å²) in [7, 11) is -3.99. The molecular formula is C10H19N3O5S. The van der Waals surface area contributed by atoms with E-state index in [1.807, 2.05) is 5.43 Å². The quantitative estimate of drug-likeness (QED) is 0.742. The maximum atomic E-state index is 12.2. The molecule has 19 heavy (non-hydrogen) atoms. The smallest absolute Gasteiger partial charge is 0.443 e. The first-order chi connectivity index (χ1) is 8.75. The van der Waals surface area contributed by atoms with Crippen LogP contribution in [0, 0.1) is 0 Å². The van der Waals surface area contributed by atoms with Crippen molar-refractivity contribution in [2.24, 2.45) is 5.73 Å². The number of sulfonamides is 1. The van der Waals surface area contributed by atoms with Crippen molar-refractivity contribution in [1.82, 2.24) is 9.84 Å². The van der Waals surface area contributed by atoms with E-state index in [1.165, 1.54) is 0 Å². The first kappa shape index (κ1) is 15.5. The number of nitrogens with one attached hydrogen (secondary N) is 1. The minimum absolute atomic E-state index is 0.214. The average molecular weight is 293 g/mol. The normalized spacial score (nSPS) is 16.4. The summed E-state index contributed by atoms with van der Waals surface area (Å²) in [4.78, 5) is 22.6. The van der Waals surface area contributed by atoms with Crippen LogP contribution in [0.4, 0.5) is 9.59 Å². The summed E-state index contributed by atoms with van der Waals surface area (Å²) >= 11 is 0. The molecule has 0 heterocycles. The molecule has 0 radical (unpaired) electrons. The fourth-order valence-corrected chi connectivity index (χ4v) is 3.59. The molecule has 1 rings (SSSR count). The van der Waals surface area contributed by atoms with E-state index in [0.29, 0.717) is 12.8 Å². The molecule has 1 fully saturated rings. The lowest BCUT2D eigenvalue weighted by Crippen LogP contribution is -2.54. The minimum Gasteiger partial charge on any atom is -0.445 e. The number of primary amides is 1. The van der Waals surface area contributed by atoms with Crippen molar-refractivity contribution >= 4 is 22.1 Å². The van der Waals surface area contributed by atoms with Crippen molar-refractivity contribution in [3.63, 3.8) is 0 Å². The Balaban J connectivity index is 2.95. The number of amides is 3. The van der Waals surface area contributed by atoms with Crippen LogP contribution in [-0.4, -0.2) is 36.3 Å². The standard InChI is InChI=1S/C10H19N3O5S/c1-7(2)18-10(15)13(12-9(11)14)19(16,17)8-5-3-4-6-8/h7-8H,3-6H2,1-2H3,(H3,11,12,14). The van der Waals surface area contributed by atoms with Crippen LogP contribution < -0.4 is 11.2 Å². The molecule has 9 heteroatoms. The Hall–Kier alpha value is -1.51. The van der Waals surface area contributed by atoms with Crippen molar-refractivity contribution in [3.8, 4) is 0 Å². The van der Waals surface area contributed by atoms with Crippen LogP contribution in [-0.2, 0) is 14.8 Å². The third kappa shape index (κ3) is 3.98. The number of hydrazine groups is 1. The molecular weight excluding hydrogens is 274 g/mol. The van der Waals surface area contributed by atoms with E-state index in [0.717, 1.165) is 12.8 Å². The lowest BCUT2D eigenvalue weighted by Gasteiger charge is -2.25. The van der Waals surface area contributed by atoms with Gasteiger partial charge in [0.15, 0.2) is 0 Å². The van der Waals surface area contributed by atoms with E-state index in [1.54, 1.807) is 13.8 Å². The van der Waals surface area contributed by atoms with E-state index in [-0.39, 0.29) is 4.41 Å². The zero-order chi connectivity index (χ0) is 14.6. The summed E-state index contributed by atoms with van der Waals surface area (Å²) in [6.45, 7) is 3.14. The summed E-state index contributed by atoms with van der Waals surface area (Å²) in [5.74, 6) is 0. The predicted molar refractivity (Wildman–Crippen MR) is 67.4 cm³/mol. The van der Waals surface area contributed by atoms with E-state index in [9.17, 15) is 18.0 Å². The lowest BCUT2D eigenvalue weighted by atomic mass is 10.4. The van der Waals surface area contributed by atoms with Crippen LogP contribution in [0.5, 0.6) is 0 Å². The van der Waals surface area contributed by atoms with Gasteiger partial charge in [0, 0.05) is 0 Å². The monoisotopic (exact) mass is 293 g/mol. The fraction of sp³-hybridized carbons (Fsp3) is 0.800. The molecule has 0 spiro atoms. The number of hydrogen-bond acceptors (Lipinski definition) is 5. The Morgan fingerprint density at radius 1 is 1.32 bits per heavy atom. The van der Waals surface area contributed by atoms with Gasteiger partial charge in [-0.25, -0.2) is 23.4 Å². The van der Waals surface area contributed by atoms with Gasteiger partial charge < -0.3 is 10.5 Å². The molecule has 110 valence electrons. The Morgan fingerprint density at radius 2 is 1.84 bits per heavy atom. The molecule has 0 aliphatic heterocycles. The Labute approximate surface area is 112 Å². The SMILES string of the molecule is CC(C)OC(=O)N(NC(N)=O)S(=O)(=O)C1CCCC1. The number of carbonyl (C=O) groups is 2. The average Bonchev–Trinajstić information content (AvgIpc) is 2.78. The number of ether oxygens (including phenoxy) is 1. The van der Waals surface area contributed by atoms with Gasteiger partial charge in [-0.15, -0.1) is 4.41 Å². The summed E-state index contributed by atoms with van der Waals surface area (Å²) in [5, 5.41) is -0.695. The zero-order valence-corrected chi connectivity index (χ0v) is 11.8. The maximum Gasteiger partial charge on any atom is 0.443 e. The number of rotatable bonds is 3. The molecule has 3 N–H and O–H groups in total. The van der Waals surface area contributed by atoms with Crippen LogP contribution in [0.15, 0.2) is 0 Å². The van der Waals surface area contributed by atoms with Gasteiger partial charge in [-0.05, 0) is 26.7 Å². The van der Waals surface area contributed by atoms with Gasteiger partial charge in [0.25, 0.3) is 10.0 Å². The summed E-state index contributed by atoms with van der Waals surface area (Å²) in [6, 6.07) is -1.14. The number of nitrogens with zero attached hydrogens (tertiary/aromatic N) is 1. The first-order valence-corrected chi connectivity index (χ1v) is 7.56. The highest BCUT2D eigenvalue weighted by molar-refractivity contribution is 7.90. The molecule has 0 aromatic heterocycles. The third-order valence-electron chi connectivity index (χ3n) is 2.69. The molecule has 1 saturated carbocycles. The number of hydrogen-bond donors (Lipinski definition) is 2. The highest BCUT2D eigenvalue weighted by atomic mass is 32.2. The second-order valence-corrected chi connectivity index (χ2v) is 6.69. The summed E-state index contributed by atoms with van der Waals surface area (Å²) in [6.07, 6.45) is 0.785. The van der Waals surface area contributed by atoms with Crippen LogP contribution >= 0.6 is 0 Å². The molecule has 0 atom stereocenters. The van der Waals surface area contributed by atoms with Crippen LogP contribution in [0.25, 0.3) is 0 Å². The van der Waals surface area contributed by atoms with Gasteiger partial charge in [-0.2, -0.15) is 0 Å². The van der Waals surface area contributed by atoms with Crippen LogP contribution in [0.2, 0.25) is 0 Å². The number of carbonyl (C=O) groups excluding carboxylic acids is 2. The molecule has 8 nitrogen and oxygen atoms in total. The Morgan fingerprint density at radius 3 is 2.26 bits per heavy atom. The second-order valence-electron chi connectivity index (χ2n) is 4.62. The number of urea groups is 1. The molecule has 1 aliphatic rings. The van der Waals surface area contributed by atoms with Gasteiger partial charge in [0.2, 0.25) is 0 Å². The van der Waals surface area contributed by atoms with Gasteiger partial charge >= 0.3 is 12.1 Å².